The van der Waals surface area contributed by atoms with Crippen LogP contribution in [0.4, 0.5) is 5.82 Å². The number of nitrogens with zero attached hydrogens (tertiary/aromatic N) is 2. The second kappa shape index (κ2) is 7.76. The fraction of sp³-hybridized carbons (Fsp3) is 0.286. The number of hydrogen-bond donors (Lipinski definition) is 1. The molecule has 0 bridgehead atoms. The van der Waals surface area contributed by atoms with Crippen molar-refractivity contribution in [3.05, 3.63) is 40.9 Å². The van der Waals surface area contributed by atoms with Gasteiger partial charge in [0.15, 0.2) is 5.16 Å². The van der Waals surface area contributed by atoms with E-state index in [9.17, 15) is 0 Å². The maximum absolute atomic E-state index is 5.89. The number of anilines is 1. The highest BCUT2D eigenvalue weighted by Crippen LogP contribution is 2.25. The van der Waals surface area contributed by atoms with Gasteiger partial charge in [-0.05, 0) is 30.9 Å². The van der Waals surface area contributed by atoms with Crippen molar-refractivity contribution in [2.45, 2.75) is 22.9 Å². The predicted octanol–water partition coefficient (Wildman–Crippen LogP) is 4.58. The van der Waals surface area contributed by atoms with Crippen molar-refractivity contribution in [1.82, 2.24) is 9.97 Å². The first-order valence-corrected chi connectivity index (χ1v) is 8.84. The van der Waals surface area contributed by atoms with Crippen LogP contribution in [0.15, 0.2) is 40.5 Å². The summed E-state index contributed by atoms with van der Waals surface area (Å²) in [5.41, 5.74) is 1.23. The maximum Gasteiger partial charge on any atom is 0.190 e. The minimum absolute atomic E-state index is 0.764. The molecule has 0 atom stereocenters. The minimum atomic E-state index is 0.764. The van der Waals surface area contributed by atoms with Gasteiger partial charge >= 0.3 is 0 Å². The van der Waals surface area contributed by atoms with Gasteiger partial charge < -0.3 is 5.32 Å². The van der Waals surface area contributed by atoms with Crippen LogP contribution in [0.3, 0.4) is 0 Å². The van der Waals surface area contributed by atoms with Crippen molar-refractivity contribution in [3.8, 4) is 0 Å². The zero-order chi connectivity index (χ0) is 14.4. The van der Waals surface area contributed by atoms with Gasteiger partial charge in [-0.15, -0.1) is 11.8 Å². The largest absolute Gasteiger partial charge is 0.370 e. The van der Waals surface area contributed by atoms with Gasteiger partial charge in [0, 0.05) is 23.4 Å². The molecule has 1 aromatic carbocycles. The standard InChI is InChI=1S/C14H16ClN3S2/c1-3-16-12-8-13(18-14(17-12)19-2)20-9-10-4-6-11(15)7-5-10/h4-8H,3,9H2,1-2H3,(H,16,17,18). The highest BCUT2D eigenvalue weighted by Gasteiger charge is 2.05. The van der Waals surface area contributed by atoms with E-state index in [4.69, 9.17) is 11.6 Å². The Balaban J connectivity index is 2.07. The highest BCUT2D eigenvalue weighted by molar-refractivity contribution is 7.99. The Morgan fingerprint density at radius 2 is 1.95 bits per heavy atom. The van der Waals surface area contributed by atoms with E-state index in [-0.39, 0.29) is 0 Å². The van der Waals surface area contributed by atoms with E-state index in [1.54, 1.807) is 23.5 Å². The first-order chi connectivity index (χ1) is 9.71. The predicted molar refractivity (Wildman–Crippen MR) is 89.0 cm³/mol. The van der Waals surface area contributed by atoms with E-state index >= 15 is 0 Å². The fourth-order valence-corrected chi connectivity index (χ4v) is 2.99. The van der Waals surface area contributed by atoms with Gasteiger partial charge in [0.1, 0.15) is 10.8 Å². The number of nitrogens with one attached hydrogen (secondary N) is 1. The van der Waals surface area contributed by atoms with E-state index in [1.165, 1.54) is 5.56 Å². The molecule has 1 heterocycles. The normalized spacial score (nSPS) is 10.6. The molecule has 0 saturated heterocycles. The molecule has 6 heteroatoms. The third kappa shape index (κ3) is 4.58. The van der Waals surface area contributed by atoms with Crippen LogP contribution in [-0.2, 0) is 5.75 Å². The summed E-state index contributed by atoms with van der Waals surface area (Å²) >= 11 is 9.14. The fourth-order valence-electron chi connectivity index (χ4n) is 1.58. The molecule has 0 aliphatic heterocycles. The zero-order valence-corrected chi connectivity index (χ0v) is 13.8. The van der Waals surface area contributed by atoms with Crippen LogP contribution in [0.1, 0.15) is 12.5 Å². The van der Waals surface area contributed by atoms with Crippen molar-refractivity contribution >= 4 is 40.9 Å². The Labute approximate surface area is 132 Å². The SMILES string of the molecule is CCNc1cc(SCc2ccc(Cl)cc2)nc(SC)n1. The lowest BCUT2D eigenvalue weighted by Crippen LogP contribution is -2.01. The number of benzene rings is 1. The Morgan fingerprint density at radius 3 is 2.60 bits per heavy atom. The number of rotatable bonds is 6. The molecule has 2 rings (SSSR count). The monoisotopic (exact) mass is 325 g/mol. The van der Waals surface area contributed by atoms with Gasteiger partial charge in [0.25, 0.3) is 0 Å². The van der Waals surface area contributed by atoms with Gasteiger partial charge in [-0.1, -0.05) is 35.5 Å². The van der Waals surface area contributed by atoms with Crippen LogP contribution in [0.5, 0.6) is 0 Å². The van der Waals surface area contributed by atoms with Crippen molar-refractivity contribution in [3.63, 3.8) is 0 Å². The topological polar surface area (TPSA) is 37.8 Å². The zero-order valence-electron chi connectivity index (χ0n) is 11.4. The first kappa shape index (κ1) is 15.5. The summed E-state index contributed by atoms with van der Waals surface area (Å²) < 4.78 is 0. The van der Waals surface area contributed by atoms with Crippen LogP contribution in [0, 0.1) is 0 Å². The molecule has 0 spiro atoms. The van der Waals surface area contributed by atoms with Crippen LogP contribution in [0.25, 0.3) is 0 Å². The molecule has 0 amide bonds. The highest BCUT2D eigenvalue weighted by atomic mass is 35.5. The van der Waals surface area contributed by atoms with Gasteiger partial charge in [0.2, 0.25) is 0 Å². The molecule has 1 N–H and O–H groups in total. The summed E-state index contributed by atoms with van der Waals surface area (Å²) in [5.74, 6) is 1.75. The second-order valence-electron chi connectivity index (χ2n) is 4.02. The summed E-state index contributed by atoms with van der Waals surface area (Å²) in [5, 5.41) is 5.77. The number of thioether (sulfide) groups is 2. The van der Waals surface area contributed by atoms with Crippen molar-refractivity contribution in [2.24, 2.45) is 0 Å². The number of halogens is 1. The smallest absolute Gasteiger partial charge is 0.190 e. The van der Waals surface area contributed by atoms with Gasteiger partial charge in [0.05, 0.1) is 0 Å². The van der Waals surface area contributed by atoms with Crippen LogP contribution in [-0.4, -0.2) is 22.8 Å². The molecule has 0 unspecified atom stereocenters. The summed E-state index contributed by atoms with van der Waals surface area (Å²) in [4.78, 5) is 8.93. The third-order valence-corrected chi connectivity index (χ3v) is 4.30. The summed E-state index contributed by atoms with van der Waals surface area (Å²) in [7, 11) is 0. The lowest BCUT2D eigenvalue weighted by atomic mass is 10.2. The molecule has 0 aliphatic rings. The van der Waals surface area contributed by atoms with Crippen LogP contribution >= 0.6 is 35.1 Å². The summed E-state index contributed by atoms with van der Waals surface area (Å²) in [6, 6.07) is 9.89. The Kier molecular flexibility index (Phi) is 6.01. The van der Waals surface area contributed by atoms with E-state index < -0.39 is 0 Å². The molecule has 1 aromatic heterocycles. The van der Waals surface area contributed by atoms with Gasteiger partial charge in [-0.2, -0.15) is 0 Å². The van der Waals surface area contributed by atoms with Crippen molar-refractivity contribution in [2.75, 3.05) is 18.1 Å². The maximum atomic E-state index is 5.89. The number of aromatic nitrogens is 2. The minimum Gasteiger partial charge on any atom is -0.370 e. The Bertz CT molecular complexity index is 561. The summed E-state index contributed by atoms with van der Waals surface area (Å²) in [6.07, 6.45) is 1.98. The van der Waals surface area contributed by atoms with Gasteiger partial charge in [-0.25, -0.2) is 9.97 Å². The first-order valence-electron chi connectivity index (χ1n) is 6.25. The molecule has 0 fully saturated rings. The molecule has 0 aliphatic carbocycles. The van der Waals surface area contributed by atoms with E-state index in [2.05, 4.69) is 22.2 Å². The molecule has 106 valence electrons. The number of hydrogen-bond acceptors (Lipinski definition) is 5. The molecular formula is C14H16ClN3S2. The van der Waals surface area contributed by atoms with E-state index in [0.29, 0.717) is 0 Å². The lowest BCUT2D eigenvalue weighted by Gasteiger charge is -2.07. The molecule has 0 radical (unpaired) electrons. The van der Waals surface area contributed by atoms with E-state index in [1.807, 2.05) is 36.6 Å². The van der Waals surface area contributed by atoms with Gasteiger partial charge in [-0.3, -0.25) is 0 Å². The van der Waals surface area contributed by atoms with Crippen LogP contribution < -0.4 is 5.32 Å². The molecule has 20 heavy (non-hydrogen) atoms. The van der Waals surface area contributed by atoms with E-state index in [0.717, 1.165) is 33.3 Å². The van der Waals surface area contributed by atoms with Crippen molar-refractivity contribution in [1.29, 1.82) is 0 Å². The molecule has 0 saturated carbocycles. The molecule has 2 aromatic rings. The molecule has 3 nitrogen and oxygen atoms in total. The Morgan fingerprint density at radius 1 is 1.20 bits per heavy atom. The van der Waals surface area contributed by atoms with Crippen LogP contribution in [0.2, 0.25) is 5.02 Å². The average molecular weight is 326 g/mol. The van der Waals surface area contributed by atoms with Crippen molar-refractivity contribution < 1.29 is 0 Å². The third-order valence-electron chi connectivity index (χ3n) is 2.52. The molecular weight excluding hydrogens is 310 g/mol. The second-order valence-corrected chi connectivity index (χ2v) is 6.23. The lowest BCUT2D eigenvalue weighted by molar-refractivity contribution is 0.891. The summed E-state index contributed by atoms with van der Waals surface area (Å²) in [6.45, 7) is 2.91. The quantitative estimate of drug-likeness (QED) is 0.478. The average Bonchev–Trinajstić information content (AvgIpc) is 2.47. The Hall–Kier alpha value is -0.910.